The first-order valence-electron chi connectivity index (χ1n) is 6.20. The maximum atomic E-state index is 11.2. The van der Waals surface area contributed by atoms with Crippen molar-refractivity contribution in [2.45, 2.75) is 6.42 Å². The molecule has 0 atom stereocenters. The summed E-state index contributed by atoms with van der Waals surface area (Å²) >= 11 is 9.45. The molecule has 1 N–H and O–H groups in total. The van der Waals surface area contributed by atoms with Gasteiger partial charge in [0.05, 0.1) is 7.11 Å². The summed E-state index contributed by atoms with van der Waals surface area (Å²) in [4.78, 5) is 11.2. The minimum absolute atomic E-state index is 0.181. The number of nitrogens with one attached hydrogen (secondary N) is 1. The molecule has 0 fully saturated rings. The Kier molecular flexibility index (Phi) is 5.52. The fourth-order valence-electron chi connectivity index (χ4n) is 1.70. The average Bonchev–Trinajstić information content (AvgIpc) is 2.50. The number of rotatable bonds is 5. The van der Waals surface area contributed by atoms with Crippen molar-refractivity contribution >= 4 is 39.3 Å². The fraction of sp³-hybridized carbons (Fsp3) is 0.214. The predicted octanol–water partition coefficient (Wildman–Crippen LogP) is 3.33. The highest BCUT2D eigenvalue weighted by Gasteiger charge is 2.07. The van der Waals surface area contributed by atoms with Gasteiger partial charge in [0, 0.05) is 16.0 Å². The SMILES string of the molecule is COC(=O)c1ccc(NCCc2cc(Cl)ccc2Br)nn1. The van der Waals surface area contributed by atoms with Crippen LogP contribution in [0.25, 0.3) is 0 Å². The van der Waals surface area contributed by atoms with Gasteiger partial charge in [-0.25, -0.2) is 4.79 Å². The minimum Gasteiger partial charge on any atom is -0.464 e. The molecule has 0 bridgehead atoms. The third-order valence-electron chi connectivity index (χ3n) is 2.77. The van der Waals surface area contributed by atoms with Gasteiger partial charge in [0.25, 0.3) is 0 Å². The topological polar surface area (TPSA) is 64.1 Å². The molecule has 0 spiro atoms. The van der Waals surface area contributed by atoms with Crippen LogP contribution in [0.15, 0.2) is 34.8 Å². The molecule has 0 radical (unpaired) electrons. The number of benzene rings is 1. The lowest BCUT2D eigenvalue weighted by atomic mass is 10.1. The average molecular weight is 371 g/mol. The number of aromatic nitrogens is 2. The Morgan fingerprint density at radius 3 is 2.81 bits per heavy atom. The van der Waals surface area contributed by atoms with Gasteiger partial charge in [0.1, 0.15) is 5.82 Å². The van der Waals surface area contributed by atoms with Crippen LogP contribution in [-0.4, -0.2) is 29.8 Å². The Labute approximate surface area is 135 Å². The summed E-state index contributed by atoms with van der Waals surface area (Å²) in [5, 5.41) is 11.5. The molecule has 0 amide bonds. The molecule has 2 rings (SSSR count). The van der Waals surface area contributed by atoms with Crippen LogP contribution >= 0.6 is 27.5 Å². The summed E-state index contributed by atoms with van der Waals surface area (Å²) in [5.74, 6) is 0.0951. The monoisotopic (exact) mass is 369 g/mol. The zero-order valence-corrected chi connectivity index (χ0v) is 13.6. The summed E-state index contributed by atoms with van der Waals surface area (Å²) in [7, 11) is 1.30. The van der Waals surface area contributed by atoms with E-state index in [0.717, 1.165) is 16.5 Å². The van der Waals surface area contributed by atoms with Crippen LogP contribution in [0, 0.1) is 0 Å². The van der Waals surface area contributed by atoms with Crippen LogP contribution < -0.4 is 5.32 Å². The summed E-state index contributed by atoms with van der Waals surface area (Å²) < 4.78 is 5.57. The van der Waals surface area contributed by atoms with Crippen molar-refractivity contribution in [2.75, 3.05) is 19.0 Å². The molecule has 1 aromatic carbocycles. The van der Waals surface area contributed by atoms with E-state index in [1.807, 2.05) is 18.2 Å². The molecule has 0 aliphatic rings. The highest BCUT2D eigenvalue weighted by molar-refractivity contribution is 9.10. The Morgan fingerprint density at radius 1 is 1.33 bits per heavy atom. The summed E-state index contributed by atoms with van der Waals surface area (Å²) in [5.41, 5.74) is 1.29. The van der Waals surface area contributed by atoms with E-state index >= 15 is 0 Å². The smallest absolute Gasteiger partial charge is 0.358 e. The highest BCUT2D eigenvalue weighted by atomic mass is 79.9. The lowest BCUT2D eigenvalue weighted by Gasteiger charge is -2.07. The number of anilines is 1. The first kappa shape index (κ1) is 15.7. The first-order valence-corrected chi connectivity index (χ1v) is 7.37. The molecule has 21 heavy (non-hydrogen) atoms. The number of halogens is 2. The zero-order valence-electron chi connectivity index (χ0n) is 11.3. The molecule has 2 aromatic rings. The maximum Gasteiger partial charge on any atom is 0.358 e. The van der Waals surface area contributed by atoms with Crippen molar-refractivity contribution < 1.29 is 9.53 Å². The summed E-state index contributed by atoms with van der Waals surface area (Å²) in [6.45, 7) is 0.672. The van der Waals surface area contributed by atoms with E-state index in [4.69, 9.17) is 11.6 Å². The molecule has 110 valence electrons. The second kappa shape index (κ2) is 7.38. The van der Waals surface area contributed by atoms with E-state index in [1.54, 1.807) is 12.1 Å². The third-order valence-corrected chi connectivity index (χ3v) is 3.78. The number of methoxy groups -OCH3 is 1. The van der Waals surface area contributed by atoms with Crippen molar-refractivity contribution in [1.82, 2.24) is 10.2 Å². The summed E-state index contributed by atoms with van der Waals surface area (Å²) in [6, 6.07) is 8.92. The highest BCUT2D eigenvalue weighted by Crippen LogP contribution is 2.21. The number of carbonyl (C=O) groups excluding carboxylic acids is 1. The second-order valence-corrected chi connectivity index (χ2v) is 5.50. The van der Waals surface area contributed by atoms with Crippen LogP contribution in [0.4, 0.5) is 5.82 Å². The van der Waals surface area contributed by atoms with Gasteiger partial charge in [-0.15, -0.1) is 10.2 Å². The molecular weight excluding hydrogens is 358 g/mol. The van der Waals surface area contributed by atoms with Gasteiger partial charge >= 0.3 is 5.97 Å². The van der Waals surface area contributed by atoms with Crippen molar-refractivity contribution in [3.8, 4) is 0 Å². The number of esters is 1. The Bertz CT molecular complexity index is 635. The van der Waals surface area contributed by atoms with Gasteiger partial charge in [-0.2, -0.15) is 0 Å². The van der Waals surface area contributed by atoms with E-state index in [-0.39, 0.29) is 5.69 Å². The largest absolute Gasteiger partial charge is 0.464 e. The van der Waals surface area contributed by atoms with Crippen LogP contribution in [0.5, 0.6) is 0 Å². The quantitative estimate of drug-likeness (QED) is 0.818. The van der Waals surface area contributed by atoms with E-state index in [0.29, 0.717) is 17.4 Å². The Balaban J connectivity index is 1.91. The number of hydrogen-bond donors (Lipinski definition) is 1. The predicted molar refractivity (Wildman–Crippen MR) is 84.7 cm³/mol. The second-order valence-electron chi connectivity index (χ2n) is 4.21. The normalized spacial score (nSPS) is 10.2. The van der Waals surface area contributed by atoms with Crippen molar-refractivity contribution in [3.05, 3.63) is 51.1 Å². The number of carbonyl (C=O) groups is 1. The standard InChI is InChI=1S/C14H13BrClN3O2/c1-21-14(20)12-4-5-13(19-18-12)17-7-6-9-8-10(16)2-3-11(9)15/h2-5,8H,6-7H2,1H3,(H,17,19). The van der Waals surface area contributed by atoms with Gasteiger partial charge in [-0.05, 0) is 42.3 Å². The third kappa shape index (κ3) is 4.41. The Morgan fingerprint density at radius 2 is 2.14 bits per heavy atom. The molecule has 0 aliphatic carbocycles. The van der Waals surface area contributed by atoms with Gasteiger partial charge in [-0.3, -0.25) is 0 Å². The van der Waals surface area contributed by atoms with Gasteiger partial charge in [0.15, 0.2) is 5.69 Å². The molecule has 0 saturated carbocycles. The van der Waals surface area contributed by atoms with Gasteiger partial charge in [-0.1, -0.05) is 27.5 Å². The molecule has 1 heterocycles. The lowest BCUT2D eigenvalue weighted by Crippen LogP contribution is -2.10. The van der Waals surface area contributed by atoms with Crippen LogP contribution in [0.1, 0.15) is 16.1 Å². The molecule has 7 heteroatoms. The number of ether oxygens (including phenoxy) is 1. The maximum absolute atomic E-state index is 11.2. The van der Waals surface area contributed by atoms with E-state index in [9.17, 15) is 4.79 Å². The van der Waals surface area contributed by atoms with Crippen molar-refractivity contribution in [2.24, 2.45) is 0 Å². The fourth-order valence-corrected chi connectivity index (χ4v) is 2.34. The van der Waals surface area contributed by atoms with E-state index in [2.05, 4.69) is 36.2 Å². The number of nitrogens with zero attached hydrogens (tertiary/aromatic N) is 2. The first-order chi connectivity index (χ1) is 10.1. The van der Waals surface area contributed by atoms with Crippen molar-refractivity contribution in [1.29, 1.82) is 0 Å². The molecule has 0 unspecified atom stereocenters. The van der Waals surface area contributed by atoms with Crippen molar-refractivity contribution in [3.63, 3.8) is 0 Å². The number of hydrogen-bond acceptors (Lipinski definition) is 5. The molecule has 1 aromatic heterocycles. The molecule has 5 nitrogen and oxygen atoms in total. The lowest BCUT2D eigenvalue weighted by molar-refractivity contribution is 0.0593. The van der Waals surface area contributed by atoms with Gasteiger partial charge < -0.3 is 10.1 Å². The van der Waals surface area contributed by atoms with Gasteiger partial charge in [0.2, 0.25) is 0 Å². The zero-order chi connectivity index (χ0) is 15.2. The summed E-state index contributed by atoms with van der Waals surface area (Å²) in [6.07, 6.45) is 0.779. The molecule has 0 aliphatic heterocycles. The molecular formula is C14H13BrClN3O2. The van der Waals surface area contributed by atoms with Crippen LogP contribution in [0.2, 0.25) is 5.02 Å². The van der Waals surface area contributed by atoms with E-state index < -0.39 is 5.97 Å². The van der Waals surface area contributed by atoms with Crippen LogP contribution in [-0.2, 0) is 11.2 Å². The minimum atomic E-state index is -0.503. The molecule has 0 saturated heterocycles. The van der Waals surface area contributed by atoms with E-state index in [1.165, 1.54) is 7.11 Å². The van der Waals surface area contributed by atoms with Crippen LogP contribution in [0.3, 0.4) is 0 Å². The Hall–Kier alpha value is -1.66.